The Balaban J connectivity index is 1.47. The fraction of sp³-hybridized carbons (Fsp3) is 0.158. The number of hydrazine groups is 1. The number of nitrogens with one attached hydrogen (secondary N) is 2. The van der Waals surface area contributed by atoms with Gasteiger partial charge in [0.25, 0.3) is 11.6 Å². The minimum Gasteiger partial charge on any atom is -0.497 e. The average Bonchev–Trinajstić information content (AvgIpc) is 3.19. The smallest absolute Gasteiger partial charge is 0.270 e. The summed E-state index contributed by atoms with van der Waals surface area (Å²) in [5.74, 6) is 6.12. The first kappa shape index (κ1) is 23.3. The minimum atomic E-state index is -0.698. The summed E-state index contributed by atoms with van der Waals surface area (Å²) in [5.41, 5.74) is 4.20. The van der Waals surface area contributed by atoms with Crippen molar-refractivity contribution in [1.29, 1.82) is 0 Å². The number of thioether (sulfide) groups is 1. The van der Waals surface area contributed by atoms with Crippen LogP contribution in [0.3, 0.4) is 0 Å². The second-order valence-corrected chi connectivity index (χ2v) is 7.28. The van der Waals surface area contributed by atoms with E-state index in [-0.39, 0.29) is 28.8 Å². The maximum absolute atomic E-state index is 12.1. The Labute approximate surface area is 191 Å². The molecule has 1 heterocycles. The lowest BCUT2D eigenvalue weighted by Gasteiger charge is -2.08. The number of aromatic nitrogens is 3. The summed E-state index contributed by atoms with van der Waals surface area (Å²) in [6, 6.07) is 12.1. The van der Waals surface area contributed by atoms with Crippen molar-refractivity contribution in [2.75, 3.05) is 18.7 Å². The molecule has 1 aromatic heterocycles. The minimum absolute atomic E-state index is 0.0273. The Morgan fingerprint density at radius 1 is 1.15 bits per heavy atom. The summed E-state index contributed by atoms with van der Waals surface area (Å²) in [4.78, 5) is 34.3. The van der Waals surface area contributed by atoms with Crippen LogP contribution in [0.5, 0.6) is 11.5 Å². The van der Waals surface area contributed by atoms with Gasteiger partial charge in [0, 0.05) is 23.8 Å². The van der Waals surface area contributed by atoms with Gasteiger partial charge in [-0.25, -0.2) is 4.68 Å². The second-order valence-electron chi connectivity index (χ2n) is 6.33. The molecule has 0 spiro atoms. The molecule has 13 nitrogen and oxygen atoms in total. The van der Waals surface area contributed by atoms with Gasteiger partial charge >= 0.3 is 0 Å². The fourth-order valence-corrected chi connectivity index (χ4v) is 3.14. The topological polar surface area (TPSA) is 177 Å². The van der Waals surface area contributed by atoms with Crippen LogP contribution >= 0.6 is 11.8 Å². The highest BCUT2D eigenvalue weighted by Gasteiger charge is 2.15. The standard InChI is InChI=1S/C19H19N7O6S/c1-31-14-6-3-7-15(9-14)32-10-16-21-24-19(25(16)20)33-11-17(27)22-23-18(28)12-4-2-5-13(8-12)26(29)30/h2-9H,10-11,20H2,1H3,(H,22,27)(H,23,28). The number of hydrogen-bond acceptors (Lipinski definition) is 10. The average molecular weight is 473 g/mol. The van der Waals surface area contributed by atoms with E-state index in [1.54, 1.807) is 31.4 Å². The number of methoxy groups -OCH3 is 1. The summed E-state index contributed by atoms with van der Waals surface area (Å²) >= 11 is 0.994. The molecule has 3 rings (SSSR count). The van der Waals surface area contributed by atoms with Gasteiger partial charge in [-0.15, -0.1) is 10.2 Å². The molecule has 2 amide bonds. The number of rotatable bonds is 9. The summed E-state index contributed by atoms with van der Waals surface area (Å²) in [7, 11) is 1.55. The molecular formula is C19H19N7O6S. The van der Waals surface area contributed by atoms with Crippen LogP contribution in [-0.2, 0) is 11.4 Å². The Morgan fingerprint density at radius 2 is 1.91 bits per heavy atom. The number of nitrogens with zero attached hydrogens (tertiary/aromatic N) is 4. The SMILES string of the molecule is COc1cccc(OCc2nnc(SCC(=O)NNC(=O)c3cccc([N+](=O)[O-])c3)n2N)c1. The monoisotopic (exact) mass is 473 g/mol. The Bertz CT molecular complexity index is 1170. The molecule has 0 atom stereocenters. The second kappa shape index (κ2) is 10.8. The number of hydrogen-bond donors (Lipinski definition) is 3. The number of benzene rings is 2. The quantitative estimate of drug-likeness (QED) is 0.176. The van der Waals surface area contributed by atoms with Gasteiger partial charge in [-0.3, -0.25) is 30.6 Å². The number of nitrogen functional groups attached to an aromatic ring is 1. The normalized spacial score (nSPS) is 10.3. The molecule has 14 heteroatoms. The maximum atomic E-state index is 12.1. The van der Waals surface area contributed by atoms with Gasteiger partial charge < -0.3 is 15.3 Å². The molecule has 0 unspecified atom stereocenters. The maximum Gasteiger partial charge on any atom is 0.270 e. The number of nitro benzene ring substituents is 1. The van der Waals surface area contributed by atoms with Crippen molar-refractivity contribution in [2.45, 2.75) is 11.8 Å². The largest absolute Gasteiger partial charge is 0.497 e. The first-order chi connectivity index (χ1) is 15.9. The highest BCUT2D eigenvalue weighted by molar-refractivity contribution is 7.99. The molecule has 0 saturated carbocycles. The van der Waals surface area contributed by atoms with Crippen molar-refractivity contribution < 1.29 is 24.0 Å². The van der Waals surface area contributed by atoms with E-state index < -0.39 is 16.7 Å². The van der Waals surface area contributed by atoms with Crippen LogP contribution in [0.4, 0.5) is 5.69 Å². The zero-order chi connectivity index (χ0) is 23.8. The fourth-order valence-electron chi connectivity index (χ4n) is 2.47. The molecule has 3 aromatic rings. The van der Waals surface area contributed by atoms with Crippen LogP contribution in [-0.4, -0.2) is 44.5 Å². The number of nitro groups is 1. The Kier molecular flexibility index (Phi) is 7.64. The summed E-state index contributed by atoms with van der Waals surface area (Å²) < 4.78 is 11.9. The number of non-ortho nitro benzene ring substituents is 1. The molecule has 0 aliphatic rings. The van der Waals surface area contributed by atoms with E-state index in [1.807, 2.05) is 0 Å². The predicted molar refractivity (Wildman–Crippen MR) is 117 cm³/mol. The lowest BCUT2D eigenvalue weighted by atomic mass is 10.2. The number of amides is 2. The highest BCUT2D eigenvalue weighted by atomic mass is 32.2. The van der Waals surface area contributed by atoms with Crippen LogP contribution in [0.25, 0.3) is 0 Å². The Morgan fingerprint density at radius 3 is 2.67 bits per heavy atom. The van der Waals surface area contributed by atoms with Crippen molar-refractivity contribution in [3.05, 3.63) is 70.0 Å². The van der Waals surface area contributed by atoms with Gasteiger partial charge in [0.05, 0.1) is 17.8 Å². The third-order valence-corrected chi connectivity index (χ3v) is 5.05. The lowest BCUT2D eigenvalue weighted by Crippen LogP contribution is -2.42. The third-order valence-electron chi connectivity index (χ3n) is 4.11. The van der Waals surface area contributed by atoms with Gasteiger partial charge in [0.2, 0.25) is 11.1 Å². The van der Waals surface area contributed by atoms with E-state index in [9.17, 15) is 19.7 Å². The lowest BCUT2D eigenvalue weighted by molar-refractivity contribution is -0.384. The van der Waals surface area contributed by atoms with Crippen LogP contribution in [0.1, 0.15) is 16.2 Å². The van der Waals surface area contributed by atoms with Crippen molar-refractivity contribution in [2.24, 2.45) is 0 Å². The zero-order valence-electron chi connectivity index (χ0n) is 17.3. The molecule has 4 N–H and O–H groups in total. The van der Waals surface area contributed by atoms with E-state index in [0.29, 0.717) is 17.3 Å². The number of carbonyl (C=O) groups excluding carboxylic acids is 2. The van der Waals surface area contributed by atoms with E-state index in [1.165, 1.54) is 22.9 Å². The number of ether oxygens (including phenoxy) is 2. The van der Waals surface area contributed by atoms with Crippen LogP contribution < -0.4 is 26.2 Å². The summed E-state index contributed by atoms with van der Waals surface area (Å²) in [6.45, 7) is 0.0443. The molecule has 33 heavy (non-hydrogen) atoms. The van der Waals surface area contributed by atoms with Gasteiger partial charge in [-0.1, -0.05) is 23.9 Å². The number of nitrogens with two attached hydrogens (primary N) is 1. The molecule has 2 aromatic carbocycles. The highest BCUT2D eigenvalue weighted by Crippen LogP contribution is 2.20. The molecule has 0 fully saturated rings. The van der Waals surface area contributed by atoms with Crippen LogP contribution in [0.2, 0.25) is 0 Å². The van der Waals surface area contributed by atoms with E-state index in [0.717, 1.165) is 17.8 Å². The molecular weight excluding hydrogens is 454 g/mol. The van der Waals surface area contributed by atoms with Crippen LogP contribution in [0.15, 0.2) is 53.7 Å². The van der Waals surface area contributed by atoms with E-state index in [2.05, 4.69) is 21.0 Å². The van der Waals surface area contributed by atoms with E-state index in [4.69, 9.17) is 15.3 Å². The Hall–Kier alpha value is -4.33. The van der Waals surface area contributed by atoms with Crippen molar-refractivity contribution in [3.8, 4) is 11.5 Å². The van der Waals surface area contributed by atoms with Gasteiger partial charge in [0.1, 0.15) is 18.1 Å². The molecule has 0 saturated heterocycles. The van der Waals surface area contributed by atoms with Crippen molar-refractivity contribution in [1.82, 2.24) is 25.7 Å². The van der Waals surface area contributed by atoms with Crippen LogP contribution in [0, 0.1) is 10.1 Å². The molecule has 0 radical (unpaired) electrons. The van der Waals surface area contributed by atoms with Gasteiger partial charge in [0.15, 0.2) is 5.82 Å². The van der Waals surface area contributed by atoms with Gasteiger partial charge in [-0.2, -0.15) is 0 Å². The molecule has 172 valence electrons. The first-order valence-electron chi connectivity index (χ1n) is 9.30. The first-order valence-corrected chi connectivity index (χ1v) is 10.3. The zero-order valence-corrected chi connectivity index (χ0v) is 18.1. The summed E-state index contributed by atoms with van der Waals surface area (Å²) in [6.07, 6.45) is 0. The molecule has 0 aliphatic heterocycles. The molecule has 0 bridgehead atoms. The third kappa shape index (κ3) is 6.33. The van der Waals surface area contributed by atoms with Gasteiger partial charge in [-0.05, 0) is 18.2 Å². The number of carbonyl (C=O) groups is 2. The van der Waals surface area contributed by atoms with Crippen molar-refractivity contribution in [3.63, 3.8) is 0 Å². The summed E-state index contributed by atoms with van der Waals surface area (Å²) in [5, 5.41) is 18.9. The van der Waals surface area contributed by atoms with Crippen molar-refractivity contribution >= 4 is 29.3 Å². The molecule has 0 aliphatic carbocycles. The van der Waals surface area contributed by atoms with E-state index >= 15 is 0 Å². The predicted octanol–water partition coefficient (Wildman–Crippen LogP) is 1.04.